The molecule has 0 aliphatic rings. The van der Waals surface area contributed by atoms with Crippen LogP contribution in [0.25, 0.3) is 0 Å². The summed E-state index contributed by atoms with van der Waals surface area (Å²) < 4.78 is 16.2. The Hall–Kier alpha value is -2.34. The topological polar surface area (TPSA) is 64.8 Å². The van der Waals surface area contributed by atoms with E-state index in [1.807, 2.05) is 45.9 Å². The van der Waals surface area contributed by atoms with Gasteiger partial charge in [-0.3, -0.25) is 4.79 Å². The van der Waals surface area contributed by atoms with Crippen LogP contribution >= 0.6 is 0 Å². The van der Waals surface area contributed by atoms with Crippen molar-refractivity contribution in [3.05, 3.63) is 46.8 Å². The molecule has 0 atom stereocenters. The number of ether oxygens (including phenoxy) is 2. The second-order valence-corrected chi connectivity index (χ2v) is 6.27. The molecular weight excluding hydrogens is 320 g/mol. The van der Waals surface area contributed by atoms with E-state index < -0.39 is 0 Å². The van der Waals surface area contributed by atoms with Crippen LogP contribution in [0, 0.1) is 13.8 Å². The molecule has 1 aromatic carbocycles. The molecule has 6 heteroatoms. The lowest BCUT2D eigenvalue weighted by atomic mass is 10.1. The molecule has 2 aromatic rings. The van der Waals surface area contributed by atoms with Crippen molar-refractivity contribution in [2.45, 2.75) is 40.3 Å². The van der Waals surface area contributed by atoms with Gasteiger partial charge in [0.05, 0.1) is 6.61 Å². The summed E-state index contributed by atoms with van der Waals surface area (Å²) in [4.78, 5) is 14.3. The lowest BCUT2D eigenvalue weighted by Gasteiger charge is -2.25. The van der Waals surface area contributed by atoms with E-state index in [1.54, 1.807) is 18.1 Å². The van der Waals surface area contributed by atoms with Gasteiger partial charge in [-0.05, 0) is 38.8 Å². The Morgan fingerprint density at radius 3 is 2.56 bits per heavy atom. The van der Waals surface area contributed by atoms with Crippen LogP contribution in [0.4, 0.5) is 0 Å². The number of para-hydroxylation sites is 1. The van der Waals surface area contributed by atoms with Gasteiger partial charge in [-0.1, -0.05) is 23.4 Å². The van der Waals surface area contributed by atoms with Crippen LogP contribution in [0.15, 0.2) is 28.8 Å². The molecule has 0 aliphatic heterocycles. The average Bonchev–Trinajstić information content (AvgIpc) is 3.03. The number of benzene rings is 1. The minimum atomic E-state index is -0.172. The summed E-state index contributed by atoms with van der Waals surface area (Å²) in [6.45, 7) is 9.11. The zero-order chi connectivity index (χ0) is 18.4. The number of methoxy groups -OCH3 is 1. The molecule has 1 amide bonds. The summed E-state index contributed by atoms with van der Waals surface area (Å²) in [6.07, 6.45) is 0. The van der Waals surface area contributed by atoms with Crippen LogP contribution in [0.1, 0.15) is 41.2 Å². The molecule has 0 bridgehead atoms. The van der Waals surface area contributed by atoms with Gasteiger partial charge in [0.15, 0.2) is 11.5 Å². The molecule has 0 radical (unpaired) electrons. The lowest BCUT2D eigenvalue weighted by molar-refractivity contribution is 0.0624. The number of nitrogens with zero attached hydrogens (tertiary/aromatic N) is 2. The summed E-state index contributed by atoms with van der Waals surface area (Å²) in [6, 6.07) is 7.66. The second-order valence-electron chi connectivity index (χ2n) is 6.27. The summed E-state index contributed by atoms with van der Waals surface area (Å²) in [5.74, 6) is 1.17. The fraction of sp³-hybridized carbons (Fsp3) is 0.474. The Morgan fingerprint density at radius 1 is 1.28 bits per heavy atom. The Balaban J connectivity index is 2.05. The Kier molecular flexibility index (Phi) is 6.58. The largest absolute Gasteiger partial charge is 0.485 e. The van der Waals surface area contributed by atoms with Gasteiger partial charge in [0.25, 0.3) is 5.91 Å². The summed E-state index contributed by atoms with van der Waals surface area (Å²) in [5.41, 5.74) is 2.40. The average molecular weight is 346 g/mol. The number of rotatable bonds is 8. The van der Waals surface area contributed by atoms with E-state index in [9.17, 15) is 4.79 Å². The molecule has 0 saturated heterocycles. The number of carbonyl (C=O) groups excluding carboxylic acids is 1. The van der Waals surface area contributed by atoms with Gasteiger partial charge in [0.2, 0.25) is 0 Å². The Labute approximate surface area is 148 Å². The normalized spacial score (nSPS) is 11.0. The highest BCUT2D eigenvalue weighted by Crippen LogP contribution is 2.23. The third-order valence-corrected chi connectivity index (χ3v) is 3.97. The van der Waals surface area contributed by atoms with Crippen LogP contribution in [0.5, 0.6) is 5.75 Å². The first kappa shape index (κ1) is 19.0. The van der Waals surface area contributed by atoms with Gasteiger partial charge < -0.3 is 18.9 Å². The lowest BCUT2D eigenvalue weighted by Crippen LogP contribution is -2.39. The summed E-state index contributed by atoms with van der Waals surface area (Å²) in [7, 11) is 1.61. The fourth-order valence-electron chi connectivity index (χ4n) is 2.58. The number of hydrogen-bond donors (Lipinski definition) is 0. The quantitative estimate of drug-likeness (QED) is 0.733. The van der Waals surface area contributed by atoms with E-state index in [2.05, 4.69) is 5.16 Å². The minimum Gasteiger partial charge on any atom is -0.485 e. The molecule has 25 heavy (non-hydrogen) atoms. The van der Waals surface area contributed by atoms with Crippen LogP contribution in [-0.4, -0.2) is 42.3 Å². The number of aromatic nitrogens is 1. The second kappa shape index (κ2) is 8.67. The summed E-state index contributed by atoms with van der Waals surface area (Å²) >= 11 is 0. The third kappa shape index (κ3) is 4.82. The molecule has 0 N–H and O–H groups in total. The predicted molar refractivity (Wildman–Crippen MR) is 94.8 cm³/mol. The molecule has 0 saturated carbocycles. The number of hydrogen-bond acceptors (Lipinski definition) is 5. The van der Waals surface area contributed by atoms with Gasteiger partial charge in [0.1, 0.15) is 12.4 Å². The molecule has 2 rings (SSSR count). The van der Waals surface area contributed by atoms with Gasteiger partial charge in [-0.2, -0.15) is 0 Å². The van der Waals surface area contributed by atoms with E-state index in [4.69, 9.17) is 14.0 Å². The van der Waals surface area contributed by atoms with Crippen molar-refractivity contribution in [1.29, 1.82) is 0 Å². The molecule has 136 valence electrons. The van der Waals surface area contributed by atoms with Crippen molar-refractivity contribution in [1.82, 2.24) is 10.1 Å². The molecule has 6 nitrogen and oxygen atoms in total. The SMILES string of the molecule is COCCN(C(=O)c1cc(COc2c(C)cccc2C)on1)C(C)C. The van der Waals surface area contributed by atoms with Gasteiger partial charge in [0, 0.05) is 25.8 Å². The number of amides is 1. The van der Waals surface area contributed by atoms with Crippen molar-refractivity contribution in [2.24, 2.45) is 0 Å². The van der Waals surface area contributed by atoms with Gasteiger partial charge in [-0.15, -0.1) is 0 Å². The molecule has 0 aliphatic carbocycles. The highest BCUT2D eigenvalue weighted by Gasteiger charge is 2.22. The summed E-state index contributed by atoms with van der Waals surface area (Å²) in [5, 5.41) is 3.90. The first-order chi connectivity index (χ1) is 11.9. The zero-order valence-corrected chi connectivity index (χ0v) is 15.5. The van der Waals surface area contributed by atoms with Crippen molar-refractivity contribution < 1.29 is 18.8 Å². The van der Waals surface area contributed by atoms with E-state index >= 15 is 0 Å². The van der Waals surface area contributed by atoms with E-state index in [0.29, 0.717) is 18.9 Å². The molecular formula is C19H26N2O4. The van der Waals surface area contributed by atoms with Crippen molar-refractivity contribution in [2.75, 3.05) is 20.3 Å². The molecule has 1 heterocycles. The first-order valence-electron chi connectivity index (χ1n) is 8.38. The smallest absolute Gasteiger partial charge is 0.276 e. The van der Waals surface area contributed by atoms with Crippen molar-refractivity contribution in [3.8, 4) is 5.75 Å². The number of carbonyl (C=O) groups is 1. The molecule has 0 unspecified atom stereocenters. The highest BCUT2D eigenvalue weighted by atomic mass is 16.5. The maximum atomic E-state index is 12.6. The van der Waals surface area contributed by atoms with Crippen LogP contribution in [0.3, 0.4) is 0 Å². The maximum absolute atomic E-state index is 12.6. The van der Waals surface area contributed by atoms with Crippen LogP contribution < -0.4 is 4.74 Å². The minimum absolute atomic E-state index is 0.0497. The predicted octanol–water partition coefficient (Wildman–Crippen LogP) is 3.37. The zero-order valence-electron chi connectivity index (χ0n) is 15.5. The van der Waals surface area contributed by atoms with Crippen LogP contribution in [0.2, 0.25) is 0 Å². The molecule has 0 fully saturated rings. The molecule has 1 aromatic heterocycles. The van der Waals surface area contributed by atoms with Crippen molar-refractivity contribution >= 4 is 5.91 Å². The van der Waals surface area contributed by atoms with E-state index in [0.717, 1.165) is 16.9 Å². The maximum Gasteiger partial charge on any atom is 0.276 e. The van der Waals surface area contributed by atoms with Crippen LogP contribution in [-0.2, 0) is 11.3 Å². The monoisotopic (exact) mass is 346 g/mol. The highest BCUT2D eigenvalue weighted by molar-refractivity contribution is 5.92. The fourth-order valence-corrected chi connectivity index (χ4v) is 2.58. The first-order valence-corrected chi connectivity index (χ1v) is 8.38. The van der Waals surface area contributed by atoms with E-state index in [1.165, 1.54) is 0 Å². The third-order valence-electron chi connectivity index (χ3n) is 3.97. The number of aryl methyl sites for hydroxylation is 2. The Bertz CT molecular complexity index is 689. The standard InChI is InChI=1S/C19H26N2O4/c1-13(2)21(9-10-23-5)19(22)17-11-16(25-20-17)12-24-18-14(3)7-6-8-15(18)4/h6-8,11,13H,9-10,12H2,1-5H3. The molecule has 0 spiro atoms. The van der Waals surface area contributed by atoms with Gasteiger partial charge in [-0.25, -0.2) is 0 Å². The Morgan fingerprint density at radius 2 is 1.96 bits per heavy atom. The van der Waals surface area contributed by atoms with Crippen molar-refractivity contribution in [3.63, 3.8) is 0 Å². The van der Waals surface area contributed by atoms with E-state index in [-0.39, 0.29) is 24.2 Å². The van der Waals surface area contributed by atoms with Gasteiger partial charge >= 0.3 is 0 Å².